The van der Waals surface area contributed by atoms with Gasteiger partial charge in [0.15, 0.2) is 0 Å². The molecule has 0 radical (unpaired) electrons. The van der Waals surface area contributed by atoms with Crippen molar-refractivity contribution in [3.63, 3.8) is 0 Å². The third-order valence-corrected chi connectivity index (χ3v) is 0.762. The Hall–Kier alpha value is 0.390. The fourth-order valence-electron chi connectivity index (χ4n) is 0.236. The highest BCUT2D eigenvalue weighted by Gasteiger charge is 1.84. The molecule has 0 aliphatic rings. The largest absolute Gasteiger partial charge is 0.300 e. The van der Waals surface area contributed by atoms with E-state index in [1.807, 2.05) is 0 Å². The van der Waals surface area contributed by atoms with Crippen molar-refractivity contribution < 1.29 is 0 Å². The van der Waals surface area contributed by atoms with Crippen molar-refractivity contribution in [3.05, 3.63) is 0 Å². The average molecular weight is 105 g/mol. The van der Waals surface area contributed by atoms with Gasteiger partial charge in [0.25, 0.3) is 0 Å². The Bertz CT molecular complexity index is 28.7. The molecule has 0 amide bonds. The van der Waals surface area contributed by atoms with Crippen LogP contribution in [0.4, 0.5) is 0 Å². The first-order chi connectivity index (χ1) is 2.77. The van der Waals surface area contributed by atoms with Crippen LogP contribution in [-0.4, -0.2) is 6.54 Å². The number of rotatable bonds is 2. The molecule has 0 fully saturated rings. The van der Waals surface area contributed by atoms with Gasteiger partial charge in [-0.25, -0.2) is 0 Å². The van der Waals surface area contributed by atoms with Crippen LogP contribution in [0.15, 0.2) is 0 Å². The molecule has 0 saturated heterocycles. The number of hydrogen-bond donors (Lipinski definition) is 1. The summed E-state index contributed by atoms with van der Waals surface area (Å²) < 4.78 is 0. The van der Waals surface area contributed by atoms with Crippen LogP contribution in [0.2, 0.25) is 0 Å². The SMILES string of the molecule is CC(C)CNP. The van der Waals surface area contributed by atoms with E-state index < -0.39 is 0 Å². The third-order valence-electron chi connectivity index (χ3n) is 0.526. The minimum absolute atomic E-state index is 0.766. The zero-order valence-corrected chi connectivity index (χ0v) is 5.52. The molecule has 0 bridgehead atoms. The summed E-state index contributed by atoms with van der Waals surface area (Å²) >= 11 is 0. The molecule has 0 saturated carbocycles. The van der Waals surface area contributed by atoms with E-state index in [9.17, 15) is 0 Å². The lowest BCUT2D eigenvalue weighted by molar-refractivity contribution is 0.640. The van der Waals surface area contributed by atoms with Gasteiger partial charge in [0.05, 0.1) is 0 Å². The van der Waals surface area contributed by atoms with Crippen molar-refractivity contribution in [1.29, 1.82) is 0 Å². The smallest absolute Gasteiger partial charge is 0.000868 e. The topological polar surface area (TPSA) is 12.0 Å². The Labute approximate surface area is 41.8 Å². The fraction of sp³-hybridized carbons (Fsp3) is 1.00. The summed E-state index contributed by atoms with van der Waals surface area (Å²) in [5.74, 6) is 0.766. The summed E-state index contributed by atoms with van der Waals surface area (Å²) in [6.45, 7) is 5.44. The summed E-state index contributed by atoms with van der Waals surface area (Å²) in [5, 5.41) is 2.98. The predicted molar refractivity (Wildman–Crippen MR) is 32.6 cm³/mol. The molecule has 1 unspecified atom stereocenters. The van der Waals surface area contributed by atoms with Crippen LogP contribution in [0.3, 0.4) is 0 Å². The summed E-state index contributed by atoms with van der Waals surface area (Å²) in [6, 6.07) is 0. The van der Waals surface area contributed by atoms with Crippen LogP contribution in [0, 0.1) is 5.92 Å². The van der Waals surface area contributed by atoms with Gasteiger partial charge >= 0.3 is 0 Å². The van der Waals surface area contributed by atoms with Crippen molar-refractivity contribution in [2.45, 2.75) is 13.8 Å². The Morgan fingerprint density at radius 3 is 2.17 bits per heavy atom. The standard InChI is InChI=1S/C4H12NP/c1-4(2)3-5-6/h4-5H,3,6H2,1-2H3. The molecule has 0 aromatic heterocycles. The van der Waals surface area contributed by atoms with E-state index in [-0.39, 0.29) is 0 Å². The lowest BCUT2D eigenvalue weighted by Crippen LogP contribution is -2.06. The van der Waals surface area contributed by atoms with E-state index in [1.54, 1.807) is 0 Å². The summed E-state index contributed by atoms with van der Waals surface area (Å²) in [7, 11) is 2.47. The van der Waals surface area contributed by atoms with Gasteiger partial charge in [0, 0.05) is 6.54 Å². The van der Waals surface area contributed by atoms with E-state index >= 15 is 0 Å². The molecule has 2 heteroatoms. The van der Waals surface area contributed by atoms with Crippen LogP contribution in [0.1, 0.15) is 13.8 Å². The Balaban J connectivity index is 2.63. The maximum atomic E-state index is 2.98. The monoisotopic (exact) mass is 105 g/mol. The number of hydrogen-bond acceptors (Lipinski definition) is 1. The molecule has 1 N–H and O–H groups in total. The van der Waals surface area contributed by atoms with Crippen LogP contribution in [-0.2, 0) is 0 Å². The van der Waals surface area contributed by atoms with Gasteiger partial charge in [-0.1, -0.05) is 23.2 Å². The van der Waals surface area contributed by atoms with Gasteiger partial charge in [0.1, 0.15) is 0 Å². The molecule has 0 aliphatic carbocycles. The Morgan fingerprint density at radius 2 is 2.17 bits per heavy atom. The van der Waals surface area contributed by atoms with Gasteiger partial charge in [-0.2, -0.15) is 0 Å². The van der Waals surface area contributed by atoms with E-state index in [0.29, 0.717) is 0 Å². The van der Waals surface area contributed by atoms with E-state index in [0.717, 1.165) is 12.5 Å². The fourth-order valence-corrected chi connectivity index (χ4v) is 0.707. The zero-order valence-electron chi connectivity index (χ0n) is 4.36. The molecular weight excluding hydrogens is 93.0 g/mol. The molecule has 0 aromatic carbocycles. The third kappa shape index (κ3) is 4.39. The second-order valence-corrected chi connectivity index (χ2v) is 2.21. The summed E-state index contributed by atoms with van der Waals surface area (Å²) in [5.41, 5.74) is 0. The molecule has 0 spiro atoms. The van der Waals surface area contributed by atoms with Gasteiger partial charge in [-0.05, 0) is 5.92 Å². The highest BCUT2D eigenvalue weighted by Crippen LogP contribution is 1.87. The first kappa shape index (κ1) is 6.39. The van der Waals surface area contributed by atoms with Crippen molar-refractivity contribution in [3.8, 4) is 0 Å². The maximum absolute atomic E-state index is 2.98. The lowest BCUT2D eigenvalue weighted by atomic mass is 10.2. The molecule has 0 aromatic rings. The molecular formula is C4H12NP. The molecule has 0 aliphatic heterocycles. The van der Waals surface area contributed by atoms with Gasteiger partial charge in [0.2, 0.25) is 0 Å². The predicted octanol–water partition coefficient (Wildman–Crippen LogP) is 1.02. The summed E-state index contributed by atoms with van der Waals surface area (Å²) in [6.07, 6.45) is 0. The second kappa shape index (κ2) is 3.58. The van der Waals surface area contributed by atoms with Crippen LogP contribution in [0.25, 0.3) is 0 Å². The Morgan fingerprint density at radius 1 is 1.67 bits per heavy atom. The average Bonchev–Trinajstić information content (AvgIpc) is 1.35. The van der Waals surface area contributed by atoms with Gasteiger partial charge < -0.3 is 5.09 Å². The van der Waals surface area contributed by atoms with Crippen LogP contribution < -0.4 is 5.09 Å². The van der Waals surface area contributed by atoms with Crippen molar-refractivity contribution in [2.75, 3.05) is 6.54 Å². The van der Waals surface area contributed by atoms with Crippen molar-refractivity contribution in [1.82, 2.24) is 5.09 Å². The minimum atomic E-state index is 0.766. The van der Waals surface area contributed by atoms with E-state index in [4.69, 9.17) is 0 Å². The minimum Gasteiger partial charge on any atom is -0.300 e. The van der Waals surface area contributed by atoms with E-state index in [2.05, 4.69) is 28.3 Å². The Kier molecular flexibility index (Phi) is 3.81. The normalized spacial score (nSPS) is 10.0. The lowest BCUT2D eigenvalue weighted by Gasteiger charge is -1.98. The zero-order chi connectivity index (χ0) is 4.99. The first-order valence-corrected chi connectivity index (χ1v) is 2.78. The van der Waals surface area contributed by atoms with E-state index in [1.165, 1.54) is 0 Å². The molecule has 1 nitrogen and oxygen atoms in total. The second-order valence-electron chi connectivity index (χ2n) is 1.80. The molecule has 0 heterocycles. The quantitative estimate of drug-likeness (QED) is 0.517. The van der Waals surface area contributed by atoms with Gasteiger partial charge in [-0.15, -0.1) is 0 Å². The maximum Gasteiger partial charge on any atom is 0.000868 e. The molecule has 1 atom stereocenters. The van der Waals surface area contributed by atoms with Crippen molar-refractivity contribution >= 4 is 9.39 Å². The van der Waals surface area contributed by atoms with Crippen LogP contribution >= 0.6 is 9.39 Å². The summed E-state index contributed by atoms with van der Waals surface area (Å²) in [4.78, 5) is 0. The van der Waals surface area contributed by atoms with Crippen molar-refractivity contribution in [2.24, 2.45) is 5.92 Å². The molecule has 6 heavy (non-hydrogen) atoms. The highest BCUT2D eigenvalue weighted by atomic mass is 31.0. The van der Waals surface area contributed by atoms with Crippen LogP contribution in [0.5, 0.6) is 0 Å². The molecule has 0 rings (SSSR count). The first-order valence-electron chi connectivity index (χ1n) is 2.21. The van der Waals surface area contributed by atoms with Gasteiger partial charge in [-0.3, -0.25) is 0 Å². The number of nitrogens with one attached hydrogen (secondary N) is 1. The molecule has 38 valence electrons. The highest BCUT2D eigenvalue weighted by molar-refractivity contribution is 7.13.